The van der Waals surface area contributed by atoms with Gasteiger partial charge in [0.1, 0.15) is 17.0 Å². The topological polar surface area (TPSA) is 85.8 Å². The molecule has 3 aromatic heterocycles. The van der Waals surface area contributed by atoms with E-state index in [9.17, 15) is 4.79 Å². The number of fused-ring (bicyclic) bond motifs is 1. The summed E-state index contributed by atoms with van der Waals surface area (Å²) < 4.78 is 7.30. The zero-order chi connectivity index (χ0) is 17.1. The monoisotopic (exact) mass is 333 g/mol. The molecule has 1 N–H and O–H groups in total. The minimum Gasteiger partial charge on any atom is -0.451 e. The molecule has 1 aromatic carbocycles. The van der Waals surface area contributed by atoms with Gasteiger partial charge in [0.2, 0.25) is 0 Å². The predicted molar refractivity (Wildman–Crippen MR) is 91.8 cm³/mol. The molecule has 0 atom stereocenters. The molecule has 4 rings (SSSR count). The Morgan fingerprint density at radius 3 is 2.92 bits per heavy atom. The van der Waals surface area contributed by atoms with Crippen LogP contribution in [0.25, 0.3) is 22.4 Å². The highest BCUT2D eigenvalue weighted by Gasteiger charge is 2.11. The van der Waals surface area contributed by atoms with E-state index in [1.807, 2.05) is 36.5 Å². The largest absolute Gasteiger partial charge is 0.451 e. The zero-order valence-corrected chi connectivity index (χ0v) is 13.3. The molecule has 0 unspecified atom stereocenters. The smallest absolute Gasteiger partial charge is 0.287 e. The van der Waals surface area contributed by atoms with Gasteiger partial charge in [-0.1, -0.05) is 18.2 Å². The molecular formula is C18H15N5O2. The standard InChI is InChI=1S/C18H15N5O2/c24-18(17-11-13-3-1-2-4-16(13)25-17)21-8-10-23-9-5-14(22-23)15-12-19-6-7-20-15/h1-7,9,11-12H,8,10H2,(H,21,24). The molecule has 0 saturated carbocycles. The van der Waals surface area contributed by atoms with E-state index in [1.165, 1.54) is 0 Å². The first-order valence-electron chi connectivity index (χ1n) is 7.86. The summed E-state index contributed by atoms with van der Waals surface area (Å²) >= 11 is 0. The fourth-order valence-electron chi connectivity index (χ4n) is 2.52. The van der Waals surface area contributed by atoms with Gasteiger partial charge in [0.25, 0.3) is 5.91 Å². The minimum atomic E-state index is -0.238. The summed E-state index contributed by atoms with van der Waals surface area (Å²) in [4.78, 5) is 20.4. The van der Waals surface area contributed by atoms with Crippen LogP contribution in [0.5, 0.6) is 0 Å². The summed E-state index contributed by atoms with van der Waals surface area (Å²) in [7, 11) is 0. The Kier molecular flexibility index (Phi) is 3.96. The molecule has 124 valence electrons. The van der Waals surface area contributed by atoms with E-state index in [1.54, 1.807) is 29.3 Å². The second-order valence-electron chi connectivity index (χ2n) is 5.46. The lowest BCUT2D eigenvalue weighted by Crippen LogP contribution is -2.27. The van der Waals surface area contributed by atoms with Gasteiger partial charge in [-0.15, -0.1) is 0 Å². The number of nitrogens with one attached hydrogen (secondary N) is 1. The third-order valence-corrected chi connectivity index (χ3v) is 3.74. The molecule has 0 radical (unpaired) electrons. The highest BCUT2D eigenvalue weighted by Crippen LogP contribution is 2.18. The van der Waals surface area contributed by atoms with Gasteiger partial charge in [-0.2, -0.15) is 5.10 Å². The maximum Gasteiger partial charge on any atom is 0.287 e. The van der Waals surface area contributed by atoms with Crippen molar-refractivity contribution in [2.75, 3.05) is 6.54 Å². The molecule has 0 spiro atoms. The number of carbonyl (C=O) groups excluding carboxylic acids is 1. The second-order valence-corrected chi connectivity index (χ2v) is 5.46. The maximum absolute atomic E-state index is 12.2. The number of rotatable bonds is 5. The Labute approximate surface area is 143 Å². The summed E-state index contributed by atoms with van der Waals surface area (Å²) in [5.41, 5.74) is 2.16. The van der Waals surface area contributed by atoms with Gasteiger partial charge in [0, 0.05) is 30.5 Å². The van der Waals surface area contributed by atoms with Crippen LogP contribution in [-0.2, 0) is 6.54 Å². The third kappa shape index (κ3) is 3.25. The number of furan rings is 1. The number of carbonyl (C=O) groups is 1. The van der Waals surface area contributed by atoms with E-state index in [0.717, 1.165) is 11.1 Å². The van der Waals surface area contributed by atoms with Crippen LogP contribution in [0, 0.1) is 0 Å². The van der Waals surface area contributed by atoms with Crippen molar-refractivity contribution >= 4 is 16.9 Å². The molecule has 0 aliphatic heterocycles. The summed E-state index contributed by atoms with van der Waals surface area (Å²) in [6, 6.07) is 11.1. The van der Waals surface area contributed by atoms with Gasteiger partial charge in [0.15, 0.2) is 5.76 Å². The molecule has 25 heavy (non-hydrogen) atoms. The van der Waals surface area contributed by atoms with Crippen molar-refractivity contribution in [2.24, 2.45) is 0 Å². The lowest BCUT2D eigenvalue weighted by Gasteiger charge is -2.03. The Morgan fingerprint density at radius 2 is 2.08 bits per heavy atom. The van der Waals surface area contributed by atoms with Crippen molar-refractivity contribution < 1.29 is 9.21 Å². The van der Waals surface area contributed by atoms with Gasteiger partial charge >= 0.3 is 0 Å². The first kappa shape index (κ1) is 15.1. The average molecular weight is 333 g/mol. The van der Waals surface area contributed by atoms with E-state index < -0.39 is 0 Å². The molecule has 1 amide bonds. The highest BCUT2D eigenvalue weighted by molar-refractivity contribution is 5.96. The van der Waals surface area contributed by atoms with Crippen LogP contribution in [0.15, 0.2) is 65.6 Å². The fourth-order valence-corrected chi connectivity index (χ4v) is 2.52. The number of hydrogen-bond acceptors (Lipinski definition) is 5. The summed E-state index contributed by atoms with van der Waals surface area (Å²) in [6.07, 6.45) is 6.75. The zero-order valence-electron chi connectivity index (χ0n) is 13.3. The summed E-state index contributed by atoms with van der Waals surface area (Å²) in [5.74, 6) is 0.0689. The number of benzene rings is 1. The normalized spacial score (nSPS) is 10.9. The first-order chi connectivity index (χ1) is 12.3. The molecule has 7 heteroatoms. The highest BCUT2D eigenvalue weighted by atomic mass is 16.3. The van der Waals surface area contributed by atoms with Crippen molar-refractivity contribution in [1.29, 1.82) is 0 Å². The van der Waals surface area contributed by atoms with Gasteiger partial charge in [-0.3, -0.25) is 19.4 Å². The molecule has 0 aliphatic rings. The van der Waals surface area contributed by atoms with E-state index in [-0.39, 0.29) is 5.91 Å². The van der Waals surface area contributed by atoms with Crippen LogP contribution < -0.4 is 5.32 Å². The van der Waals surface area contributed by atoms with E-state index in [0.29, 0.717) is 30.1 Å². The van der Waals surface area contributed by atoms with Gasteiger partial charge in [0.05, 0.1) is 12.7 Å². The SMILES string of the molecule is O=C(NCCn1ccc(-c2cnccn2)n1)c1cc2ccccc2o1. The van der Waals surface area contributed by atoms with Crippen molar-refractivity contribution in [3.05, 3.63) is 66.9 Å². The molecule has 0 aliphatic carbocycles. The van der Waals surface area contributed by atoms with E-state index in [4.69, 9.17) is 4.42 Å². The van der Waals surface area contributed by atoms with Crippen molar-refractivity contribution in [1.82, 2.24) is 25.1 Å². The summed E-state index contributed by atoms with van der Waals surface area (Å²) in [5, 5.41) is 8.17. The number of aromatic nitrogens is 4. The van der Waals surface area contributed by atoms with Crippen LogP contribution in [0.2, 0.25) is 0 Å². The second kappa shape index (κ2) is 6.56. The maximum atomic E-state index is 12.2. The quantitative estimate of drug-likeness (QED) is 0.606. The third-order valence-electron chi connectivity index (χ3n) is 3.74. The summed E-state index contributed by atoms with van der Waals surface area (Å²) in [6.45, 7) is 0.990. The van der Waals surface area contributed by atoms with Crippen LogP contribution in [0.1, 0.15) is 10.6 Å². The van der Waals surface area contributed by atoms with Crippen molar-refractivity contribution in [3.8, 4) is 11.4 Å². The average Bonchev–Trinajstić information content (AvgIpc) is 3.29. The fraction of sp³-hybridized carbons (Fsp3) is 0.111. The molecule has 0 saturated heterocycles. The molecule has 3 heterocycles. The Bertz CT molecular complexity index is 973. The molecule has 0 bridgehead atoms. The molecule has 0 fully saturated rings. The molecule has 7 nitrogen and oxygen atoms in total. The van der Waals surface area contributed by atoms with Crippen molar-refractivity contribution in [2.45, 2.75) is 6.54 Å². The van der Waals surface area contributed by atoms with Gasteiger partial charge in [-0.25, -0.2) is 0 Å². The van der Waals surface area contributed by atoms with Crippen LogP contribution in [0.3, 0.4) is 0 Å². The number of hydrogen-bond donors (Lipinski definition) is 1. The van der Waals surface area contributed by atoms with Crippen molar-refractivity contribution in [3.63, 3.8) is 0 Å². The Morgan fingerprint density at radius 1 is 1.16 bits per heavy atom. The van der Waals surface area contributed by atoms with Crippen LogP contribution in [-0.4, -0.2) is 32.2 Å². The Hall–Kier alpha value is -3.48. The lowest BCUT2D eigenvalue weighted by molar-refractivity contribution is 0.0926. The number of para-hydroxylation sites is 1. The number of amides is 1. The number of nitrogens with zero attached hydrogens (tertiary/aromatic N) is 4. The Balaban J connectivity index is 1.36. The predicted octanol–water partition coefficient (Wildman–Crippen LogP) is 2.52. The van der Waals surface area contributed by atoms with E-state index >= 15 is 0 Å². The first-order valence-corrected chi connectivity index (χ1v) is 7.86. The van der Waals surface area contributed by atoms with E-state index in [2.05, 4.69) is 20.4 Å². The van der Waals surface area contributed by atoms with Crippen LogP contribution in [0.4, 0.5) is 0 Å². The van der Waals surface area contributed by atoms with Crippen LogP contribution >= 0.6 is 0 Å². The minimum absolute atomic E-state index is 0.238. The van der Waals surface area contributed by atoms with Gasteiger partial charge < -0.3 is 9.73 Å². The molecular weight excluding hydrogens is 318 g/mol. The lowest BCUT2D eigenvalue weighted by atomic mass is 10.2. The van der Waals surface area contributed by atoms with Gasteiger partial charge in [-0.05, 0) is 18.2 Å². The molecule has 4 aromatic rings.